The Morgan fingerprint density at radius 2 is 2.39 bits per heavy atom. The third kappa shape index (κ3) is 3.50. The Kier molecular flexibility index (Phi) is 4.57. The summed E-state index contributed by atoms with van der Waals surface area (Å²) in [6, 6.07) is 6.96. The third-order valence-electron chi connectivity index (χ3n) is 3.88. The van der Waals surface area contributed by atoms with E-state index >= 15 is 0 Å². The first-order valence-corrected chi connectivity index (χ1v) is 7.69. The van der Waals surface area contributed by atoms with Crippen LogP contribution < -0.4 is 15.4 Å². The summed E-state index contributed by atoms with van der Waals surface area (Å²) >= 11 is 0. The molecule has 0 spiro atoms. The van der Waals surface area contributed by atoms with Crippen LogP contribution >= 0.6 is 0 Å². The molecule has 1 aromatic heterocycles. The largest absolute Gasteiger partial charge is 0.497 e. The van der Waals surface area contributed by atoms with E-state index in [2.05, 4.69) is 20.8 Å². The van der Waals surface area contributed by atoms with Crippen LogP contribution in [0.5, 0.6) is 5.75 Å². The maximum absolute atomic E-state index is 12.1. The molecule has 0 radical (unpaired) electrons. The minimum absolute atomic E-state index is 0.0314. The zero-order chi connectivity index (χ0) is 16.2. The molecule has 2 N–H and O–H groups in total. The van der Waals surface area contributed by atoms with Crippen molar-refractivity contribution in [2.75, 3.05) is 13.7 Å². The molecule has 2 heterocycles. The van der Waals surface area contributed by atoms with Gasteiger partial charge in [-0.05, 0) is 38.4 Å². The number of ether oxygens (including phenoxy) is 1. The van der Waals surface area contributed by atoms with Gasteiger partial charge in [-0.1, -0.05) is 17.3 Å². The lowest BCUT2D eigenvalue weighted by Gasteiger charge is -2.14. The Labute approximate surface area is 134 Å². The molecule has 1 fully saturated rings. The molecule has 1 aliphatic heterocycles. The fraction of sp³-hybridized carbons (Fsp3) is 0.438. The fourth-order valence-electron chi connectivity index (χ4n) is 2.57. The quantitative estimate of drug-likeness (QED) is 0.872. The Morgan fingerprint density at radius 3 is 3.13 bits per heavy atom. The molecule has 1 aliphatic rings. The topological polar surface area (TPSA) is 89.3 Å². The van der Waals surface area contributed by atoms with Gasteiger partial charge < -0.3 is 19.9 Å². The first-order chi connectivity index (χ1) is 11.2. The van der Waals surface area contributed by atoms with Gasteiger partial charge in [0.2, 0.25) is 17.6 Å². The van der Waals surface area contributed by atoms with E-state index in [9.17, 15) is 4.79 Å². The van der Waals surface area contributed by atoms with E-state index < -0.39 is 0 Å². The molecule has 23 heavy (non-hydrogen) atoms. The standard InChI is InChI=1S/C16H20N4O3/c1-10(18-15(21)13-7-4-8-17-13)16-19-14(20-23-16)11-5-3-6-12(9-11)22-2/h3,5-6,9-10,13,17H,4,7-8H2,1-2H3,(H,18,21). The minimum atomic E-state index is -0.336. The van der Waals surface area contributed by atoms with Gasteiger partial charge in [0.05, 0.1) is 13.2 Å². The van der Waals surface area contributed by atoms with Crippen molar-refractivity contribution in [3.05, 3.63) is 30.2 Å². The van der Waals surface area contributed by atoms with E-state index in [4.69, 9.17) is 9.26 Å². The number of hydrogen-bond donors (Lipinski definition) is 2. The maximum atomic E-state index is 12.1. The Balaban J connectivity index is 1.69. The van der Waals surface area contributed by atoms with Crippen molar-refractivity contribution < 1.29 is 14.1 Å². The average Bonchev–Trinajstić information content (AvgIpc) is 3.26. The van der Waals surface area contributed by atoms with Crippen LogP contribution in [0.2, 0.25) is 0 Å². The lowest BCUT2D eigenvalue weighted by molar-refractivity contribution is -0.123. The number of rotatable bonds is 5. The van der Waals surface area contributed by atoms with E-state index in [-0.39, 0.29) is 18.0 Å². The fourth-order valence-corrected chi connectivity index (χ4v) is 2.57. The Hall–Kier alpha value is -2.41. The van der Waals surface area contributed by atoms with Crippen LogP contribution in [0.4, 0.5) is 0 Å². The van der Waals surface area contributed by atoms with Gasteiger partial charge in [-0.15, -0.1) is 0 Å². The normalized spacial score (nSPS) is 18.6. The summed E-state index contributed by atoms with van der Waals surface area (Å²) in [7, 11) is 1.61. The van der Waals surface area contributed by atoms with E-state index in [1.165, 1.54) is 0 Å². The zero-order valence-corrected chi connectivity index (χ0v) is 13.2. The summed E-state index contributed by atoms with van der Waals surface area (Å²) in [5.41, 5.74) is 0.801. The molecule has 1 saturated heterocycles. The molecule has 0 bridgehead atoms. The highest BCUT2D eigenvalue weighted by Crippen LogP contribution is 2.22. The predicted octanol–water partition coefficient (Wildman–Crippen LogP) is 1.67. The summed E-state index contributed by atoms with van der Waals surface area (Å²) in [4.78, 5) is 16.5. The second-order valence-corrected chi connectivity index (χ2v) is 5.57. The molecule has 7 heteroatoms. The molecule has 2 unspecified atom stereocenters. The number of aromatic nitrogens is 2. The Bertz CT molecular complexity index is 679. The molecular formula is C16H20N4O3. The molecule has 1 amide bonds. The van der Waals surface area contributed by atoms with Gasteiger partial charge in [-0.25, -0.2) is 0 Å². The van der Waals surface area contributed by atoms with Crippen LogP contribution in [0.1, 0.15) is 31.7 Å². The monoisotopic (exact) mass is 316 g/mol. The van der Waals surface area contributed by atoms with Crippen LogP contribution in [-0.2, 0) is 4.79 Å². The summed E-state index contributed by atoms with van der Waals surface area (Å²) < 4.78 is 10.5. The van der Waals surface area contributed by atoms with Gasteiger partial charge >= 0.3 is 0 Å². The number of carbonyl (C=O) groups is 1. The first kappa shape index (κ1) is 15.5. The highest BCUT2D eigenvalue weighted by molar-refractivity contribution is 5.82. The number of nitrogens with zero attached hydrogens (tertiary/aromatic N) is 2. The SMILES string of the molecule is COc1cccc(-c2noc(C(C)NC(=O)C3CCCN3)n2)c1. The average molecular weight is 316 g/mol. The van der Waals surface area contributed by atoms with Gasteiger partial charge in [0.15, 0.2) is 0 Å². The summed E-state index contributed by atoms with van der Waals surface area (Å²) in [6.07, 6.45) is 1.88. The Morgan fingerprint density at radius 1 is 1.52 bits per heavy atom. The predicted molar refractivity (Wildman–Crippen MR) is 83.9 cm³/mol. The van der Waals surface area contributed by atoms with Crippen molar-refractivity contribution in [1.29, 1.82) is 0 Å². The van der Waals surface area contributed by atoms with Crippen molar-refractivity contribution >= 4 is 5.91 Å². The van der Waals surface area contributed by atoms with Crippen LogP contribution in [0.3, 0.4) is 0 Å². The number of carbonyl (C=O) groups excluding carboxylic acids is 1. The molecule has 2 aromatic rings. The van der Waals surface area contributed by atoms with Gasteiger partial charge in [0.25, 0.3) is 0 Å². The van der Waals surface area contributed by atoms with E-state index in [0.717, 1.165) is 30.7 Å². The van der Waals surface area contributed by atoms with E-state index in [0.29, 0.717) is 11.7 Å². The minimum Gasteiger partial charge on any atom is -0.497 e. The van der Waals surface area contributed by atoms with Crippen LogP contribution in [0.15, 0.2) is 28.8 Å². The molecule has 2 atom stereocenters. The van der Waals surface area contributed by atoms with Gasteiger partial charge in [0.1, 0.15) is 11.8 Å². The molecular weight excluding hydrogens is 296 g/mol. The molecule has 1 aromatic carbocycles. The highest BCUT2D eigenvalue weighted by atomic mass is 16.5. The van der Waals surface area contributed by atoms with E-state index in [1.54, 1.807) is 7.11 Å². The van der Waals surface area contributed by atoms with Gasteiger partial charge in [-0.3, -0.25) is 4.79 Å². The molecule has 7 nitrogen and oxygen atoms in total. The second-order valence-electron chi connectivity index (χ2n) is 5.57. The maximum Gasteiger partial charge on any atom is 0.249 e. The van der Waals surface area contributed by atoms with Crippen LogP contribution in [-0.4, -0.2) is 35.7 Å². The molecule has 3 rings (SSSR count). The van der Waals surface area contributed by atoms with Gasteiger partial charge in [-0.2, -0.15) is 4.98 Å². The van der Waals surface area contributed by atoms with Crippen LogP contribution in [0, 0.1) is 0 Å². The lowest BCUT2D eigenvalue weighted by Crippen LogP contribution is -2.41. The summed E-state index contributed by atoms with van der Waals surface area (Å²) in [5.74, 6) is 1.55. The summed E-state index contributed by atoms with van der Waals surface area (Å²) in [5, 5.41) is 10.0. The van der Waals surface area contributed by atoms with Crippen molar-refractivity contribution in [3.63, 3.8) is 0 Å². The zero-order valence-electron chi connectivity index (χ0n) is 13.2. The third-order valence-corrected chi connectivity index (χ3v) is 3.88. The number of methoxy groups -OCH3 is 1. The van der Waals surface area contributed by atoms with Crippen molar-refractivity contribution in [3.8, 4) is 17.1 Å². The number of nitrogens with one attached hydrogen (secondary N) is 2. The van der Waals surface area contributed by atoms with Crippen LogP contribution in [0.25, 0.3) is 11.4 Å². The summed E-state index contributed by atoms with van der Waals surface area (Å²) in [6.45, 7) is 2.71. The smallest absolute Gasteiger partial charge is 0.249 e. The molecule has 0 aliphatic carbocycles. The molecule has 0 saturated carbocycles. The molecule has 122 valence electrons. The number of hydrogen-bond acceptors (Lipinski definition) is 6. The van der Waals surface area contributed by atoms with Gasteiger partial charge in [0, 0.05) is 5.56 Å². The van der Waals surface area contributed by atoms with E-state index in [1.807, 2.05) is 31.2 Å². The van der Waals surface area contributed by atoms with Crippen molar-refractivity contribution in [2.45, 2.75) is 31.8 Å². The van der Waals surface area contributed by atoms with Crippen molar-refractivity contribution in [1.82, 2.24) is 20.8 Å². The second kappa shape index (κ2) is 6.78. The van der Waals surface area contributed by atoms with Crippen molar-refractivity contribution in [2.24, 2.45) is 0 Å². The first-order valence-electron chi connectivity index (χ1n) is 7.69. The number of amides is 1. The number of benzene rings is 1. The highest BCUT2D eigenvalue weighted by Gasteiger charge is 2.25. The lowest BCUT2D eigenvalue weighted by atomic mass is 10.2.